The van der Waals surface area contributed by atoms with Gasteiger partial charge in [-0.2, -0.15) is 0 Å². The second-order valence-corrected chi connectivity index (χ2v) is 9.90. The summed E-state index contributed by atoms with van der Waals surface area (Å²) < 4.78 is 13.8. The first-order chi connectivity index (χ1) is 16.0. The first kappa shape index (κ1) is 22.9. The van der Waals surface area contributed by atoms with Gasteiger partial charge in [0.1, 0.15) is 11.1 Å². The summed E-state index contributed by atoms with van der Waals surface area (Å²) in [6.07, 6.45) is 0. The highest BCUT2D eigenvalue weighted by molar-refractivity contribution is 8.02. The van der Waals surface area contributed by atoms with Crippen LogP contribution in [0.5, 0.6) is 0 Å². The van der Waals surface area contributed by atoms with Crippen LogP contribution in [0.3, 0.4) is 0 Å². The zero-order chi connectivity index (χ0) is 23.2. The Hall–Kier alpha value is -3.23. The molecule has 1 atom stereocenters. The van der Waals surface area contributed by atoms with Gasteiger partial charge >= 0.3 is 0 Å². The second-order valence-electron chi connectivity index (χ2n) is 7.57. The normalized spacial score (nSPS) is 11.7. The zero-order valence-electron chi connectivity index (χ0n) is 18.2. The van der Waals surface area contributed by atoms with Crippen molar-refractivity contribution in [2.45, 2.75) is 30.0 Å². The third kappa shape index (κ3) is 6.18. The van der Waals surface area contributed by atoms with Crippen LogP contribution in [0.4, 0.5) is 15.2 Å². The van der Waals surface area contributed by atoms with Gasteiger partial charge in [0.2, 0.25) is 11.0 Å². The highest BCUT2D eigenvalue weighted by Crippen LogP contribution is 2.39. The Morgan fingerprint density at radius 3 is 2.55 bits per heavy atom. The Labute approximate surface area is 200 Å². The van der Waals surface area contributed by atoms with Crippen LogP contribution < -0.4 is 10.6 Å². The van der Waals surface area contributed by atoms with Crippen LogP contribution in [0.15, 0.2) is 77.1 Å². The molecule has 0 radical (unpaired) electrons. The van der Waals surface area contributed by atoms with Crippen molar-refractivity contribution in [2.24, 2.45) is 0 Å². The van der Waals surface area contributed by atoms with Gasteiger partial charge in [-0.1, -0.05) is 77.7 Å². The summed E-state index contributed by atoms with van der Waals surface area (Å²) in [6, 6.07) is 21.9. The van der Waals surface area contributed by atoms with Crippen LogP contribution in [0.1, 0.15) is 27.5 Å². The standard InChI is InChI=1S/C25H23FN4OS2/c1-16-8-9-17(2)21(14-16)28-23(31)22(19-6-4-3-5-7-19)32-25-30-29-24(33-25)27-15-18-10-12-20(26)13-11-18/h3-14,22H,15H2,1-2H3,(H,27,29)(H,28,31). The van der Waals surface area contributed by atoms with E-state index in [4.69, 9.17) is 0 Å². The Kier molecular flexibility index (Phi) is 7.36. The first-order valence-corrected chi connectivity index (χ1v) is 12.1. The molecule has 0 aliphatic heterocycles. The van der Waals surface area contributed by atoms with Crippen LogP contribution in [0, 0.1) is 19.7 Å². The molecule has 168 valence electrons. The van der Waals surface area contributed by atoms with Gasteiger partial charge in [-0.05, 0) is 54.3 Å². The van der Waals surface area contributed by atoms with Gasteiger partial charge in [0, 0.05) is 12.2 Å². The van der Waals surface area contributed by atoms with Crippen LogP contribution in [-0.4, -0.2) is 16.1 Å². The van der Waals surface area contributed by atoms with Crippen LogP contribution >= 0.6 is 23.1 Å². The number of nitrogens with one attached hydrogen (secondary N) is 2. The fourth-order valence-electron chi connectivity index (χ4n) is 3.18. The highest BCUT2D eigenvalue weighted by Gasteiger charge is 2.24. The van der Waals surface area contributed by atoms with E-state index in [2.05, 4.69) is 20.8 Å². The Balaban J connectivity index is 1.48. The maximum absolute atomic E-state index is 13.3. The Morgan fingerprint density at radius 1 is 1.03 bits per heavy atom. The van der Waals surface area contributed by atoms with E-state index in [1.807, 2.05) is 62.4 Å². The molecule has 1 amide bonds. The molecular formula is C25H23FN4OS2. The summed E-state index contributed by atoms with van der Waals surface area (Å²) in [4.78, 5) is 13.3. The summed E-state index contributed by atoms with van der Waals surface area (Å²) in [7, 11) is 0. The zero-order valence-corrected chi connectivity index (χ0v) is 19.8. The fourth-order valence-corrected chi connectivity index (χ4v) is 5.12. The van der Waals surface area contributed by atoms with Gasteiger partial charge < -0.3 is 10.6 Å². The molecule has 0 aliphatic rings. The predicted octanol–water partition coefficient (Wildman–Crippen LogP) is 6.38. The molecule has 0 saturated heterocycles. The summed E-state index contributed by atoms with van der Waals surface area (Å²) in [5.74, 6) is -0.379. The number of aromatic nitrogens is 2. The Morgan fingerprint density at radius 2 is 1.79 bits per heavy atom. The van der Waals surface area contributed by atoms with E-state index in [0.717, 1.165) is 27.9 Å². The lowest BCUT2D eigenvalue weighted by Gasteiger charge is -2.17. The fraction of sp³-hybridized carbons (Fsp3) is 0.160. The molecule has 1 heterocycles. The number of thioether (sulfide) groups is 1. The molecule has 5 nitrogen and oxygen atoms in total. The minimum absolute atomic E-state index is 0.115. The maximum atomic E-state index is 13.3. The summed E-state index contributed by atoms with van der Waals surface area (Å²) >= 11 is 2.75. The van der Waals surface area contributed by atoms with Gasteiger partial charge in [0.15, 0.2) is 4.34 Å². The monoisotopic (exact) mass is 478 g/mol. The number of nitrogens with zero attached hydrogens (tertiary/aromatic N) is 2. The van der Waals surface area contributed by atoms with Crippen LogP contribution in [-0.2, 0) is 11.3 Å². The number of rotatable bonds is 8. The molecule has 0 fully saturated rings. The van der Waals surface area contributed by atoms with E-state index >= 15 is 0 Å². The van der Waals surface area contributed by atoms with Crippen molar-refractivity contribution in [3.8, 4) is 0 Å². The van der Waals surface area contributed by atoms with Crippen molar-refractivity contribution >= 4 is 39.8 Å². The van der Waals surface area contributed by atoms with Crippen molar-refractivity contribution in [3.63, 3.8) is 0 Å². The third-order valence-corrected chi connectivity index (χ3v) is 7.19. The Bertz CT molecular complexity index is 1230. The molecular weight excluding hydrogens is 455 g/mol. The third-order valence-electron chi connectivity index (χ3n) is 4.97. The van der Waals surface area contributed by atoms with E-state index in [1.54, 1.807) is 12.1 Å². The molecule has 1 aromatic heterocycles. The lowest BCUT2D eigenvalue weighted by atomic mass is 10.1. The lowest BCUT2D eigenvalue weighted by Crippen LogP contribution is -2.19. The van der Waals surface area contributed by atoms with E-state index in [-0.39, 0.29) is 11.7 Å². The molecule has 33 heavy (non-hydrogen) atoms. The van der Waals surface area contributed by atoms with Crippen molar-refractivity contribution in [3.05, 3.63) is 101 Å². The SMILES string of the molecule is Cc1ccc(C)c(NC(=O)C(Sc2nnc(NCc3ccc(F)cc3)s2)c2ccccc2)c1. The van der Waals surface area contributed by atoms with E-state index in [0.29, 0.717) is 16.0 Å². The number of amides is 1. The molecule has 0 spiro atoms. The lowest BCUT2D eigenvalue weighted by molar-refractivity contribution is -0.115. The molecule has 0 saturated carbocycles. The minimum atomic E-state index is -0.482. The predicted molar refractivity (Wildman–Crippen MR) is 133 cm³/mol. The molecule has 0 aliphatic carbocycles. The smallest absolute Gasteiger partial charge is 0.242 e. The minimum Gasteiger partial charge on any atom is -0.356 e. The number of hydrogen-bond donors (Lipinski definition) is 2. The number of halogens is 1. The number of carbonyl (C=O) groups excluding carboxylic acids is 1. The quantitative estimate of drug-likeness (QED) is 0.288. The number of aryl methyl sites for hydroxylation is 2. The van der Waals surface area contributed by atoms with Crippen molar-refractivity contribution < 1.29 is 9.18 Å². The first-order valence-electron chi connectivity index (χ1n) is 10.4. The summed E-state index contributed by atoms with van der Waals surface area (Å²) in [5, 5.41) is 14.9. The highest BCUT2D eigenvalue weighted by atomic mass is 32.2. The summed E-state index contributed by atoms with van der Waals surface area (Å²) in [6.45, 7) is 4.48. The molecule has 1 unspecified atom stereocenters. The van der Waals surface area contributed by atoms with Gasteiger partial charge in [-0.15, -0.1) is 10.2 Å². The maximum Gasteiger partial charge on any atom is 0.242 e. The average Bonchev–Trinajstić information content (AvgIpc) is 3.27. The van der Waals surface area contributed by atoms with Crippen molar-refractivity contribution in [1.82, 2.24) is 10.2 Å². The van der Waals surface area contributed by atoms with E-state index < -0.39 is 5.25 Å². The van der Waals surface area contributed by atoms with E-state index in [1.165, 1.54) is 35.2 Å². The molecule has 0 bridgehead atoms. The molecule has 3 aromatic carbocycles. The van der Waals surface area contributed by atoms with Crippen molar-refractivity contribution in [1.29, 1.82) is 0 Å². The molecule has 4 rings (SSSR count). The number of hydrogen-bond acceptors (Lipinski definition) is 6. The number of anilines is 2. The van der Waals surface area contributed by atoms with Gasteiger partial charge in [0.25, 0.3) is 0 Å². The number of benzene rings is 3. The van der Waals surface area contributed by atoms with Gasteiger partial charge in [0.05, 0.1) is 0 Å². The van der Waals surface area contributed by atoms with Gasteiger partial charge in [-0.3, -0.25) is 4.79 Å². The topological polar surface area (TPSA) is 66.9 Å². The van der Waals surface area contributed by atoms with E-state index in [9.17, 15) is 9.18 Å². The molecule has 2 N–H and O–H groups in total. The average molecular weight is 479 g/mol. The van der Waals surface area contributed by atoms with Crippen LogP contribution in [0.25, 0.3) is 0 Å². The van der Waals surface area contributed by atoms with Crippen LogP contribution in [0.2, 0.25) is 0 Å². The van der Waals surface area contributed by atoms with Gasteiger partial charge in [-0.25, -0.2) is 4.39 Å². The number of carbonyl (C=O) groups is 1. The molecule has 8 heteroatoms. The van der Waals surface area contributed by atoms with Crippen molar-refractivity contribution in [2.75, 3.05) is 10.6 Å². The second kappa shape index (κ2) is 10.6. The largest absolute Gasteiger partial charge is 0.356 e. The molecule has 4 aromatic rings. The summed E-state index contributed by atoms with van der Waals surface area (Å²) in [5.41, 5.74) is 4.73.